The van der Waals surface area contributed by atoms with E-state index in [-0.39, 0.29) is 6.61 Å². The largest absolute Gasteiger partial charge is 0.490 e. The van der Waals surface area contributed by atoms with Gasteiger partial charge in [0.2, 0.25) is 0 Å². The van der Waals surface area contributed by atoms with Crippen LogP contribution >= 0.6 is 0 Å². The number of ether oxygens (including phenoxy) is 1. The van der Waals surface area contributed by atoms with Gasteiger partial charge < -0.3 is 9.84 Å². The van der Waals surface area contributed by atoms with Crippen LogP contribution in [0.3, 0.4) is 0 Å². The molecule has 1 aromatic heterocycles. The number of rotatable bonds is 3. The van der Waals surface area contributed by atoms with E-state index in [1.165, 1.54) is 5.56 Å². The maximum Gasteiger partial charge on any atom is 0.130 e. The van der Waals surface area contributed by atoms with Gasteiger partial charge >= 0.3 is 0 Å². The van der Waals surface area contributed by atoms with Gasteiger partial charge in [0, 0.05) is 11.6 Å². The fourth-order valence-electron chi connectivity index (χ4n) is 1.87. The highest BCUT2D eigenvalue weighted by molar-refractivity contribution is 5.87. The number of aliphatic hydroxyl groups is 1. The second-order valence-corrected chi connectivity index (χ2v) is 3.86. The molecule has 2 rings (SSSR count). The minimum Gasteiger partial charge on any atom is -0.490 e. The van der Waals surface area contributed by atoms with Gasteiger partial charge in [-0.25, -0.2) is 0 Å². The number of nitrogens with zero attached hydrogens (tertiary/aromatic N) is 1. The van der Waals surface area contributed by atoms with Gasteiger partial charge in [-0.15, -0.1) is 0 Å². The molecule has 1 N–H and O–H groups in total. The van der Waals surface area contributed by atoms with Crippen LogP contribution in [0.1, 0.15) is 11.1 Å². The van der Waals surface area contributed by atoms with Crippen LogP contribution in [-0.2, 0) is 0 Å². The molecule has 0 amide bonds. The van der Waals surface area contributed by atoms with E-state index in [1.807, 2.05) is 13.0 Å². The summed E-state index contributed by atoms with van der Waals surface area (Å²) in [6.45, 7) is 4.42. The molecule has 0 aliphatic rings. The van der Waals surface area contributed by atoms with Crippen molar-refractivity contribution in [2.24, 2.45) is 0 Å². The molecule has 0 atom stereocenters. The van der Waals surface area contributed by atoms with E-state index in [0.717, 1.165) is 22.2 Å². The molecule has 0 aliphatic heterocycles. The average molecular weight is 217 g/mol. The van der Waals surface area contributed by atoms with Crippen LogP contribution in [0.15, 0.2) is 24.4 Å². The summed E-state index contributed by atoms with van der Waals surface area (Å²) < 4.78 is 5.49. The van der Waals surface area contributed by atoms with E-state index in [2.05, 4.69) is 24.0 Å². The van der Waals surface area contributed by atoms with Crippen LogP contribution in [0.5, 0.6) is 5.75 Å². The first kappa shape index (κ1) is 10.9. The van der Waals surface area contributed by atoms with Crippen molar-refractivity contribution in [3.63, 3.8) is 0 Å². The van der Waals surface area contributed by atoms with E-state index in [0.29, 0.717) is 6.61 Å². The first-order valence-corrected chi connectivity index (χ1v) is 5.32. The molecule has 0 spiro atoms. The van der Waals surface area contributed by atoms with Crippen LogP contribution < -0.4 is 4.74 Å². The Kier molecular flexibility index (Phi) is 3.06. The summed E-state index contributed by atoms with van der Waals surface area (Å²) in [6.07, 6.45) is 1.73. The lowest BCUT2D eigenvalue weighted by molar-refractivity contribution is 0.203. The van der Waals surface area contributed by atoms with Crippen molar-refractivity contribution in [3.8, 4) is 5.75 Å². The lowest BCUT2D eigenvalue weighted by Gasteiger charge is -2.09. The van der Waals surface area contributed by atoms with E-state index >= 15 is 0 Å². The highest BCUT2D eigenvalue weighted by Gasteiger charge is 2.05. The summed E-state index contributed by atoms with van der Waals surface area (Å²) in [6, 6.07) is 5.99. The molecule has 3 nitrogen and oxygen atoms in total. The molecular formula is C13H15NO2. The molecule has 0 saturated carbocycles. The molecule has 0 radical (unpaired) electrons. The minimum atomic E-state index is 0.0224. The predicted octanol–water partition coefficient (Wildman–Crippen LogP) is 2.22. The van der Waals surface area contributed by atoms with Crippen molar-refractivity contribution >= 4 is 10.9 Å². The van der Waals surface area contributed by atoms with Crippen LogP contribution in [0.4, 0.5) is 0 Å². The molecule has 2 aromatic rings. The molecule has 1 heterocycles. The molecule has 0 aliphatic carbocycles. The van der Waals surface area contributed by atoms with Crippen molar-refractivity contribution in [3.05, 3.63) is 35.5 Å². The molecular weight excluding hydrogens is 202 g/mol. The lowest BCUT2D eigenvalue weighted by Crippen LogP contribution is -2.02. The van der Waals surface area contributed by atoms with Gasteiger partial charge in [-0.05, 0) is 37.1 Å². The third-order valence-electron chi connectivity index (χ3n) is 2.49. The quantitative estimate of drug-likeness (QED) is 0.857. The summed E-state index contributed by atoms with van der Waals surface area (Å²) in [7, 11) is 0. The number of hydrogen-bond donors (Lipinski definition) is 1. The number of aliphatic hydroxyl groups excluding tert-OH is 1. The second kappa shape index (κ2) is 4.49. The van der Waals surface area contributed by atoms with Gasteiger partial charge in [-0.1, -0.05) is 6.07 Å². The average Bonchev–Trinajstić information content (AvgIpc) is 2.26. The van der Waals surface area contributed by atoms with Crippen LogP contribution in [-0.4, -0.2) is 23.3 Å². The molecule has 0 saturated heterocycles. The Labute approximate surface area is 94.7 Å². The van der Waals surface area contributed by atoms with Gasteiger partial charge in [-0.2, -0.15) is 0 Å². The van der Waals surface area contributed by atoms with Gasteiger partial charge in [0.15, 0.2) is 0 Å². The number of benzene rings is 1. The Morgan fingerprint density at radius 1 is 1.31 bits per heavy atom. The Morgan fingerprint density at radius 2 is 2.12 bits per heavy atom. The zero-order valence-electron chi connectivity index (χ0n) is 9.53. The number of pyridine rings is 1. The van der Waals surface area contributed by atoms with E-state index in [4.69, 9.17) is 9.84 Å². The van der Waals surface area contributed by atoms with Gasteiger partial charge in [0.25, 0.3) is 0 Å². The summed E-state index contributed by atoms with van der Waals surface area (Å²) in [5.74, 6) is 0.783. The van der Waals surface area contributed by atoms with Gasteiger partial charge in [0.1, 0.15) is 12.4 Å². The monoisotopic (exact) mass is 217 g/mol. The fraction of sp³-hybridized carbons (Fsp3) is 0.308. The zero-order chi connectivity index (χ0) is 11.5. The predicted molar refractivity (Wildman–Crippen MR) is 63.8 cm³/mol. The van der Waals surface area contributed by atoms with E-state index in [1.54, 1.807) is 6.20 Å². The second-order valence-electron chi connectivity index (χ2n) is 3.86. The fourth-order valence-corrected chi connectivity index (χ4v) is 1.87. The third-order valence-corrected chi connectivity index (χ3v) is 2.49. The van der Waals surface area contributed by atoms with Crippen LogP contribution in [0.25, 0.3) is 10.9 Å². The molecule has 0 fully saturated rings. The number of aryl methyl sites for hydroxylation is 2. The molecule has 84 valence electrons. The van der Waals surface area contributed by atoms with Crippen molar-refractivity contribution < 1.29 is 9.84 Å². The zero-order valence-corrected chi connectivity index (χ0v) is 9.53. The first-order chi connectivity index (χ1) is 7.72. The summed E-state index contributed by atoms with van der Waals surface area (Å²) in [5.41, 5.74) is 3.29. The molecule has 0 bridgehead atoms. The normalized spacial score (nSPS) is 10.7. The SMILES string of the molecule is Cc1cc(C)c2nccc(OCCO)c2c1. The van der Waals surface area contributed by atoms with Gasteiger partial charge in [-0.3, -0.25) is 4.98 Å². The van der Waals surface area contributed by atoms with Crippen LogP contribution in [0, 0.1) is 13.8 Å². The molecule has 16 heavy (non-hydrogen) atoms. The molecule has 0 unspecified atom stereocenters. The maximum atomic E-state index is 8.77. The van der Waals surface area contributed by atoms with Crippen molar-refractivity contribution in [2.45, 2.75) is 13.8 Å². The summed E-state index contributed by atoms with van der Waals surface area (Å²) in [5, 5.41) is 9.78. The number of hydrogen-bond acceptors (Lipinski definition) is 3. The highest BCUT2D eigenvalue weighted by atomic mass is 16.5. The highest BCUT2D eigenvalue weighted by Crippen LogP contribution is 2.27. The smallest absolute Gasteiger partial charge is 0.130 e. The van der Waals surface area contributed by atoms with Gasteiger partial charge in [0.05, 0.1) is 12.1 Å². The van der Waals surface area contributed by atoms with E-state index < -0.39 is 0 Å². The third kappa shape index (κ3) is 1.99. The summed E-state index contributed by atoms with van der Waals surface area (Å²) in [4.78, 5) is 4.35. The van der Waals surface area contributed by atoms with Crippen LogP contribution in [0.2, 0.25) is 0 Å². The standard InChI is InChI=1S/C13H15NO2/c1-9-7-10(2)13-11(8-9)12(3-4-14-13)16-6-5-15/h3-4,7-8,15H,5-6H2,1-2H3. The Morgan fingerprint density at radius 3 is 2.88 bits per heavy atom. The van der Waals surface area contributed by atoms with Crippen molar-refractivity contribution in [2.75, 3.05) is 13.2 Å². The summed E-state index contributed by atoms with van der Waals surface area (Å²) >= 11 is 0. The number of fused-ring (bicyclic) bond motifs is 1. The van der Waals surface area contributed by atoms with Crippen molar-refractivity contribution in [1.82, 2.24) is 4.98 Å². The lowest BCUT2D eigenvalue weighted by atomic mass is 10.1. The van der Waals surface area contributed by atoms with Crippen molar-refractivity contribution in [1.29, 1.82) is 0 Å². The topological polar surface area (TPSA) is 42.4 Å². The molecule has 1 aromatic carbocycles. The molecule has 3 heteroatoms. The van der Waals surface area contributed by atoms with E-state index in [9.17, 15) is 0 Å². The number of aromatic nitrogens is 1. The Bertz CT molecular complexity index is 509. The Balaban J connectivity index is 2.57. The first-order valence-electron chi connectivity index (χ1n) is 5.32. The minimum absolute atomic E-state index is 0.0224. The Hall–Kier alpha value is -1.61. The maximum absolute atomic E-state index is 8.77.